The third kappa shape index (κ3) is 2.58. The molecule has 1 fully saturated rings. The Balaban J connectivity index is 1.81. The molecule has 0 bridgehead atoms. The van der Waals surface area contributed by atoms with E-state index in [1.165, 1.54) is 28.6 Å². The van der Waals surface area contributed by atoms with Crippen LogP contribution in [0.5, 0.6) is 0 Å². The van der Waals surface area contributed by atoms with Crippen molar-refractivity contribution in [1.82, 2.24) is 24.7 Å². The predicted molar refractivity (Wildman–Crippen MR) is 71.0 cm³/mol. The predicted octanol–water partition coefficient (Wildman–Crippen LogP) is 0.872. The Kier molecular flexibility index (Phi) is 3.41. The number of nitrogens with zero attached hydrogens (tertiary/aromatic N) is 5. The highest BCUT2D eigenvalue weighted by molar-refractivity contribution is 5.28. The lowest BCUT2D eigenvalue weighted by molar-refractivity contribution is 0.169. The molecule has 0 radical (unpaired) electrons. The SMILES string of the molecule is O=c1n(CN2CCCCC2)nnn1-c1ccccc1. The molecule has 1 aliphatic heterocycles. The molecule has 6 nitrogen and oxygen atoms in total. The Morgan fingerprint density at radius 3 is 2.47 bits per heavy atom. The second kappa shape index (κ2) is 5.36. The minimum atomic E-state index is -0.184. The van der Waals surface area contributed by atoms with Crippen molar-refractivity contribution in [2.24, 2.45) is 0 Å². The van der Waals surface area contributed by atoms with Crippen molar-refractivity contribution in [2.45, 2.75) is 25.9 Å². The van der Waals surface area contributed by atoms with E-state index in [4.69, 9.17) is 0 Å². The molecule has 0 unspecified atom stereocenters. The van der Waals surface area contributed by atoms with Gasteiger partial charge in [-0.2, -0.15) is 9.36 Å². The quantitative estimate of drug-likeness (QED) is 0.821. The highest BCUT2D eigenvalue weighted by atomic mass is 16.2. The van der Waals surface area contributed by atoms with Crippen LogP contribution < -0.4 is 5.69 Å². The number of aromatic nitrogens is 4. The van der Waals surface area contributed by atoms with Gasteiger partial charge in [-0.3, -0.25) is 4.90 Å². The van der Waals surface area contributed by atoms with Gasteiger partial charge in [0.2, 0.25) is 0 Å². The van der Waals surface area contributed by atoms with Crippen LogP contribution in [-0.4, -0.2) is 37.8 Å². The zero-order valence-corrected chi connectivity index (χ0v) is 10.8. The van der Waals surface area contributed by atoms with Crippen molar-refractivity contribution in [1.29, 1.82) is 0 Å². The van der Waals surface area contributed by atoms with E-state index in [1.54, 1.807) is 0 Å². The number of benzene rings is 1. The summed E-state index contributed by atoms with van der Waals surface area (Å²) in [6.07, 6.45) is 3.67. The van der Waals surface area contributed by atoms with E-state index < -0.39 is 0 Å². The zero-order chi connectivity index (χ0) is 13.1. The molecule has 0 spiro atoms. The van der Waals surface area contributed by atoms with Crippen LogP contribution in [0.3, 0.4) is 0 Å². The maximum Gasteiger partial charge on any atom is 0.369 e. The summed E-state index contributed by atoms with van der Waals surface area (Å²) in [4.78, 5) is 14.5. The van der Waals surface area contributed by atoms with Gasteiger partial charge in [-0.1, -0.05) is 24.6 Å². The molecule has 0 saturated carbocycles. The standard InChI is InChI=1S/C13H17N5O/c19-13-17(11-16-9-5-2-6-10-16)14-15-18(13)12-7-3-1-4-8-12/h1,3-4,7-8H,2,5-6,9-11H2. The van der Waals surface area contributed by atoms with Crippen LogP contribution in [0.15, 0.2) is 35.1 Å². The summed E-state index contributed by atoms with van der Waals surface area (Å²) in [6.45, 7) is 2.60. The summed E-state index contributed by atoms with van der Waals surface area (Å²) in [6, 6.07) is 9.37. The Morgan fingerprint density at radius 1 is 1.00 bits per heavy atom. The molecule has 1 aliphatic rings. The third-order valence-corrected chi connectivity index (χ3v) is 3.42. The van der Waals surface area contributed by atoms with Crippen molar-refractivity contribution in [3.63, 3.8) is 0 Å². The molecule has 0 amide bonds. The Bertz CT molecular complexity index is 583. The van der Waals surface area contributed by atoms with Crippen LogP contribution in [-0.2, 0) is 6.67 Å². The number of hydrogen-bond acceptors (Lipinski definition) is 4. The van der Waals surface area contributed by atoms with Crippen LogP contribution in [0.4, 0.5) is 0 Å². The van der Waals surface area contributed by atoms with Crippen LogP contribution in [0.2, 0.25) is 0 Å². The maximum absolute atomic E-state index is 12.2. The molecular weight excluding hydrogens is 242 g/mol. The van der Waals surface area contributed by atoms with Crippen molar-refractivity contribution in [2.75, 3.05) is 13.1 Å². The second-order valence-corrected chi connectivity index (χ2v) is 4.83. The van der Waals surface area contributed by atoms with E-state index in [0.29, 0.717) is 6.67 Å². The fraction of sp³-hybridized carbons (Fsp3) is 0.462. The smallest absolute Gasteiger partial charge is 0.284 e. The van der Waals surface area contributed by atoms with Crippen molar-refractivity contribution in [3.05, 3.63) is 40.8 Å². The third-order valence-electron chi connectivity index (χ3n) is 3.42. The molecule has 100 valence electrons. The van der Waals surface area contributed by atoms with Gasteiger partial charge in [0.25, 0.3) is 0 Å². The van der Waals surface area contributed by atoms with E-state index in [1.807, 2.05) is 30.3 Å². The molecule has 3 rings (SSSR count). The van der Waals surface area contributed by atoms with Gasteiger partial charge in [-0.25, -0.2) is 4.79 Å². The van der Waals surface area contributed by atoms with Gasteiger partial charge in [-0.05, 0) is 48.5 Å². The first kappa shape index (κ1) is 12.1. The van der Waals surface area contributed by atoms with Crippen LogP contribution in [0.25, 0.3) is 5.69 Å². The fourth-order valence-electron chi connectivity index (χ4n) is 2.38. The molecule has 1 aromatic carbocycles. The molecule has 0 N–H and O–H groups in total. The van der Waals surface area contributed by atoms with Crippen LogP contribution >= 0.6 is 0 Å². The largest absolute Gasteiger partial charge is 0.369 e. The fourth-order valence-corrected chi connectivity index (χ4v) is 2.38. The van der Waals surface area contributed by atoms with Gasteiger partial charge in [0.15, 0.2) is 0 Å². The lowest BCUT2D eigenvalue weighted by atomic mass is 10.1. The summed E-state index contributed by atoms with van der Waals surface area (Å²) >= 11 is 0. The molecule has 6 heteroatoms. The van der Waals surface area contributed by atoms with Crippen molar-refractivity contribution in [3.8, 4) is 5.69 Å². The van der Waals surface area contributed by atoms with E-state index in [0.717, 1.165) is 18.8 Å². The zero-order valence-electron chi connectivity index (χ0n) is 10.8. The number of likely N-dealkylation sites (tertiary alicyclic amines) is 1. The molecule has 19 heavy (non-hydrogen) atoms. The Labute approximate surface area is 111 Å². The minimum absolute atomic E-state index is 0.184. The molecule has 2 aromatic rings. The lowest BCUT2D eigenvalue weighted by Crippen LogP contribution is -2.36. The molecule has 1 saturated heterocycles. The van der Waals surface area contributed by atoms with Gasteiger partial charge in [0, 0.05) is 0 Å². The Hall–Kier alpha value is -1.95. The second-order valence-electron chi connectivity index (χ2n) is 4.83. The first-order valence-electron chi connectivity index (χ1n) is 6.65. The molecule has 0 atom stereocenters. The topological polar surface area (TPSA) is 56.0 Å². The summed E-state index contributed by atoms with van der Waals surface area (Å²) in [5, 5.41) is 7.90. The van der Waals surface area contributed by atoms with Gasteiger partial charge in [0.05, 0.1) is 5.69 Å². The number of tetrazole rings is 1. The number of hydrogen-bond donors (Lipinski definition) is 0. The van der Waals surface area contributed by atoms with E-state index in [2.05, 4.69) is 15.3 Å². The number of piperidine rings is 1. The van der Waals surface area contributed by atoms with Crippen molar-refractivity contribution >= 4 is 0 Å². The van der Waals surface area contributed by atoms with Crippen LogP contribution in [0.1, 0.15) is 19.3 Å². The number of rotatable bonds is 3. The van der Waals surface area contributed by atoms with E-state index >= 15 is 0 Å². The van der Waals surface area contributed by atoms with Gasteiger partial charge in [0.1, 0.15) is 6.67 Å². The minimum Gasteiger partial charge on any atom is -0.284 e. The average molecular weight is 259 g/mol. The first-order valence-corrected chi connectivity index (χ1v) is 6.65. The highest BCUT2D eigenvalue weighted by Crippen LogP contribution is 2.08. The summed E-state index contributed by atoms with van der Waals surface area (Å²) in [5.41, 5.74) is 0.564. The monoisotopic (exact) mass is 259 g/mol. The van der Waals surface area contributed by atoms with Crippen LogP contribution in [0, 0.1) is 0 Å². The van der Waals surface area contributed by atoms with E-state index in [-0.39, 0.29) is 5.69 Å². The van der Waals surface area contributed by atoms with E-state index in [9.17, 15) is 4.79 Å². The highest BCUT2D eigenvalue weighted by Gasteiger charge is 2.14. The lowest BCUT2D eigenvalue weighted by Gasteiger charge is -2.25. The molecular formula is C13H17N5O. The summed E-state index contributed by atoms with van der Waals surface area (Å²) < 4.78 is 2.77. The van der Waals surface area contributed by atoms with Gasteiger partial charge < -0.3 is 0 Å². The first-order chi connectivity index (χ1) is 9.34. The average Bonchev–Trinajstić information content (AvgIpc) is 2.82. The number of para-hydroxylation sites is 1. The van der Waals surface area contributed by atoms with Gasteiger partial charge >= 0.3 is 5.69 Å². The summed E-state index contributed by atoms with van der Waals surface area (Å²) in [7, 11) is 0. The van der Waals surface area contributed by atoms with Crippen molar-refractivity contribution < 1.29 is 0 Å². The summed E-state index contributed by atoms with van der Waals surface area (Å²) in [5.74, 6) is 0. The van der Waals surface area contributed by atoms with Gasteiger partial charge in [-0.15, -0.1) is 0 Å². The molecule has 1 aromatic heterocycles. The maximum atomic E-state index is 12.2. The molecule has 2 heterocycles. The normalized spacial score (nSPS) is 16.6. The Morgan fingerprint density at radius 2 is 1.74 bits per heavy atom. The molecule has 0 aliphatic carbocycles.